The van der Waals surface area contributed by atoms with Crippen LogP contribution in [0.25, 0.3) is 0 Å². The van der Waals surface area contributed by atoms with Crippen molar-refractivity contribution in [2.45, 2.75) is 117 Å². The average Bonchev–Trinajstić information content (AvgIpc) is 3.36. The van der Waals surface area contributed by atoms with E-state index in [0.29, 0.717) is 69.3 Å². The largest absolute Gasteiger partial charge is 0.507 e. The summed E-state index contributed by atoms with van der Waals surface area (Å²) in [4.78, 5) is 61.1. The molecule has 0 bridgehead atoms. The third kappa shape index (κ3) is 10.9. The molecule has 2 aromatic rings. The van der Waals surface area contributed by atoms with Gasteiger partial charge in [-0.3, -0.25) is 9.59 Å². The number of ether oxygens (including phenoxy) is 2. The number of nitrogens with zero attached hydrogens (tertiary/aromatic N) is 4. The molecule has 4 amide bonds. The molecule has 4 aliphatic heterocycles. The number of carbonyl (C=O) groups is 4. The van der Waals surface area contributed by atoms with Gasteiger partial charge in [-0.05, 0) is 107 Å². The molecule has 0 spiro atoms. The van der Waals surface area contributed by atoms with E-state index in [1.807, 2.05) is 67.0 Å². The van der Waals surface area contributed by atoms with Crippen LogP contribution in [0.4, 0.5) is 15.3 Å². The van der Waals surface area contributed by atoms with E-state index in [0.717, 1.165) is 68.4 Å². The Labute approximate surface area is 327 Å². The number of rotatable bonds is 9. The number of fused-ring (bicyclic) bond motifs is 1. The van der Waals surface area contributed by atoms with Gasteiger partial charge in [-0.2, -0.15) is 0 Å². The van der Waals surface area contributed by atoms with Gasteiger partial charge in [0.25, 0.3) is 5.91 Å². The van der Waals surface area contributed by atoms with E-state index >= 15 is 0 Å². The lowest BCUT2D eigenvalue weighted by Gasteiger charge is -2.42. The van der Waals surface area contributed by atoms with Crippen molar-refractivity contribution in [1.29, 1.82) is 0 Å². The minimum atomic E-state index is -1.01. The Bertz CT molecular complexity index is 1590. The molecule has 12 nitrogen and oxygen atoms in total. The van der Waals surface area contributed by atoms with Crippen LogP contribution < -0.4 is 5.32 Å². The lowest BCUT2D eigenvalue weighted by molar-refractivity contribution is -0.151. The minimum Gasteiger partial charge on any atom is -0.507 e. The number of piperidine rings is 3. The molecule has 0 radical (unpaired) electrons. The van der Waals surface area contributed by atoms with Crippen LogP contribution in [-0.2, 0) is 31.9 Å². The van der Waals surface area contributed by atoms with Crippen LogP contribution >= 0.6 is 0 Å². The summed E-state index contributed by atoms with van der Waals surface area (Å²) in [6, 6.07) is 11.8. The molecule has 2 aromatic carbocycles. The maximum atomic E-state index is 14.1. The zero-order valence-electron chi connectivity index (χ0n) is 33.7. The van der Waals surface area contributed by atoms with Crippen LogP contribution in [0.2, 0.25) is 0 Å². The second-order valence-electron chi connectivity index (χ2n) is 15.6. The first-order valence-electron chi connectivity index (χ1n) is 20.6. The molecule has 55 heavy (non-hydrogen) atoms. The molecule has 0 aliphatic carbocycles. The summed E-state index contributed by atoms with van der Waals surface area (Å²) in [7, 11) is 0. The number of carbonyl (C=O) groups excluding carboxylic acids is 4. The number of para-hydroxylation sites is 1. The Balaban J connectivity index is 0.00000187. The van der Waals surface area contributed by atoms with Crippen molar-refractivity contribution in [1.82, 2.24) is 19.6 Å². The van der Waals surface area contributed by atoms with E-state index in [9.17, 15) is 24.3 Å². The number of hydrogen-bond acceptors (Lipinski definition) is 8. The van der Waals surface area contributed by atoms with Gasteiger partial charge >= 0.3 is 18.1 Å². The monoisotopic (exact) mass is 761 g/mol. The molecular weight excluding hydrogens is 699 g/mol. The van der Waals surface area contributed by atoms with Gasteiger partial charge in [0.15, 0.2) is 6.10 Å². The fourth-order valence-corrected chi connectivity index (χ4v) is 8.33. The predicted molar refractivity (Wildman–Crippen MR) is 213 cm³/mol. The van der Waals surface area contributed by atoms with Gasteiger partial charge in [0, 0.05) is 56.9 Å². The van der Waals surface area contributed by atoms with Crippen molar-refractivity contribution in [2.75, 3.05) is 57.7 Å². The Morgan fingerprint density at radius 1 is 0.836 bits per heavy atom. The third-order valence-electron chi connectivity index (χ3n) is 11.4. The summed E-state index contributed by atoms with van der Waals surface area (Å²) in [5.74, 6) is -0.104. The molecule has 3 fully saturated rings. The average molecular weight is 762 g/mol. The van der Waals surface area contributed by atoms with E-state index < -0.39 is 12.2 Å². The number of likely N-dealkylation sites (tertiary alicyclic amines) is 3. The van der Waals surface area contributed by atoms with Crippen LogP contribution in [0.1, 0.15) is 94.4 Å². The van der Waals surface area contributed by atoms with Crippen LogP contribution in [-0.4, -0.2) is 119 Å². The lowest BCUT2D eigenvalue weighted by atomic mass is 9.93. The Hall–Kier alpha value is -4.32. The molecule has 0 aromatic heterocycles. The smallest absolute Gasteiger partial charge is 0.410 e. The Kier molecular flexibility index (Phi) is 15.2. The summed E-state index contributed by atoms with van der Waals surface area (Å²) >= 11 is 0. The highest BCUT2D eigenvalue weighted by Gasteiger charge is 2.37. The van der Waals surface area contributed by atoms with E-state index in [-0.39, 0.29) is 42.0 Å². The first-order chi connectivity index (χ1) is 26.5. The summed E-state index contributed by atoms with van der Waals surface area (Å²) in [6.45, 7) is 14.7. The zero-order chi connectivity index (χ0) is 39.5. The number of phenolic OH excluding ortho intramolecular Hbond substituents is 1. The number of esters is 1. The topological polar surface area (TPSA) is 132 Å². The SMILES string of the molecule is CCC.CCCOC(=O)C1CCN(C2CCN(C(=O)[C@@H](Cc3cc(C)c(O)c(C)c3)OC(=O)N3CCC(N4CCc5ccccc5NC4=O)CC3)CC2)CC1. The van der Waals surface area contributed by atoms with Gasteiger partial charge in [0.1, 0.15) is 5.75 Å². The second-order valence-corrected chi connectivity index (χ2v) is 15.6. The molecule has 302 valence electrons. The van der Waals surface area contributed by atoms with Gasteiger partial charge in [-0.1, -0.05) is 57.5 Å². The molecule has 6 rings (SSSR count). The van der Waals surface area contributed by atoms with Crippen LogP contribution in [0.3, 0.4) is 0 Å². The summed E-state index contributed by atoms with van der Waals surface area (Å²) < 4.78 is 11.5. The van der Waals surface area contributed by atoms with E-state index in [1.54, 1.807) is 4.90 Å². The molecule has 4 heterocycles. The highest BCUT2D eigenvalue weighted by molar-refractivity contribution is 5.91. The summed E-state index contributed by atoms with van der Waals surface area (Å²) in [6.07, 6.45) is 5.99. The number of amides is 4. The van der Waals surface area contributed by atoms with Crippen molar-refractivity contribution in [3.8, 4) is 5.75 Å². The van der Waals surface area contributed by atoms with Gasteiger partial charge in [-0.15, -0.1) is 0 Å². The molecule has 1 atom stereocenters. The molecule has 0 saturated carbocycles. The minimum absolute atomic E-state index is 0.000651. The predicted octanol–water partition coefficient (Wildman–Crippen LogP) is 6.68. The number of hydrogen-bond donors (Lipinski definition) is 2. The zero-order valence-corrected chi connectivity index (χ0v) is 33.7. The van der Waals surface area contributed by atoms with Gasteiger partial charge in [0.2, 0.25) is 0 Å². The molecule has 2 N–H and O–H groups in total. The second kappa shape index (κ2) is 20.0. The van der Waals surface area contributed by atoms with Gasteiger partial charge < -0.3 is 39.5 Å². The Morgan fingerprint density at radius 3 is 2.07 bits per heavy atom. The molecule has 12 heteroatoms. The number of urea groups is 1. The molecule has 0 unspecified atom stereocenters. The highest BCUT2D eigenvalue weighted by Crippen LogP contribution is 2.29. The standard InChI is InChI=1S/C40H55N5O7.C3H8/c1-4-23-51-38(48)31-9-16-42(17-10-31)32-12-18-43(19-13-32)37(47)35(26-29-24-27(2)36(46)28(3)25-29)52-40(50)44-20-14-33(15-21-44)45-22-11-30-7-5-6-8-34(30)41-39(45)49;1-3-2/h5-8,24-25,31-33,35,46H,4,9-23,26H2,1-3H3,(H,41,49);3H2,1-2H3/t35-;/m1./s1. The highest BCUT2D eigenvalue weighted by atomic mass is 16.6. The molecular formula is C43H63N5O7. The van der Waals surface area contributed by atoms with Crippen LogP contribution in [0.5, 0.6) is 5.75 Å². The molecule has 3 saturated heterocycles. The summed E-state index contributed by atoms with van der Waals surface area (Å²) in [5.41, 5.74) is 4.20. The number of anilines is 1. The van der Waals surface area contributed by atoms with Crippen molar-refractivity contribution in [2.24, 2.45) is 5.92 Å². The maximum absolute atomic E-state index is 14.1. The molecule has 4 aliphatic rings. The Morgan fingerprint density at radius 2 is 1.44 bits per heavy atom. The number of phenols is 1. The van der Waals surface area contributed by atoms with E-state index in [2.05, 4.69) is 24.1 Å². The fraction of sp³-hybridized carbons (Fsp3) is 0.628. The first kappa shape index (κ1) is 41.8. The van der Waals surface area contributed by atoms with Crippen LogP contribution in [0.15, 0.2) is 36.4 Å². The quantitative estimate of drug-likeness (QED) is 0.271. The van der Waals surface area contributed by atoms with Crippen molar-refractivity contribution >= 4 is 29.7 Å². The number of aryl methyl sites for hydroxylation is 2. The van der Waals surface area contributed by atoms with Crippen molar-refractivity contribution in [3.05, 3.63) is 58.7 Å². The number of aromatic hydroxyl groups is 1. The van der Waals surface area contributed by atoms with Gasteiger partial charge in [-0.25, -0.2) is 9.59 Å². The van der Waals surface area contributed by atoms with Gasteiger partial charge in [0.05, 0.1) is 12.5 Å². The number of nitrogens with one attached hydrogen (secondary N) is 1. The number of benzene rings is 2. The first-order valence-corrected chi connectivity index (χ1v) is 20.6. The van der Waals surface area contributed by atoms with E-state index in [1.165, 1.54) is 6.42 Å². The normalized spacial score (nSPS) is 19.4. The third-order valence-corrected chi connectivity index (χ3v) is 11.4. The van der Waals surface area contributed by atoms with Crippen molar-refractivity contribution in [3.63, 3.8) is 0 Å². The summed E-state index contributed by atoms with van der Waals surface area (Å²) in [5, 5.41) is 13.4. The van der Waals surface area contributed by atoms with E-state index in [4.69, 9.17) is 9.47 Å². The van der Waals surface area contributed by atoms with Crippen LogP contribution in [0, 0.1) is 19.8 Å². The lowest BCUT2D eigenvalue weighted by Crippen LogP contribution is -2.53. The van der Waals surface area contributed by atoms with Crippen molar-refractivity contribution < 1.29 is 33.8 Å². The maximum Gasteiger partial charge on any atom is 0.410 e. The fourth-order valence-electron chi connectivity index (χ4n) is 8.33.